The molecular formula is C9H9BF4N2O2. The van der Waals surface area contributed by atoms with Gasteiger partial charge in [-0.05, 0) is 13.0 Å². The minimum Gasteiger partial charge on any atom is -0.465 e. The van der Waals surface area contributed by atoms with Crippen molar-refractivity contribution in [2.75, 3.05) is 7.11 Å². The number of rotatable bonds is 1. The summed E-state index contributed by atoms with van der Waals surface area (Å²) in [5.41, 5.74) is 1.55. The quantitative estimate of drug-likeness (QED) is 0.337. The zero-order valence-corrected chi connectivity index (χ0v) is 9.53. The predicted octanol–water partition coefficient (Wildman–Crippen LogP) is 3.57. The van der Waals surface area contributed by atoms with Crippen LogP contribution in [-0.4, -0.2) is 20.3 Å². The number of ether oxygens (including phenoxy) is 1. The first-order valence-corrected chi connectivity index (χ1v) is 4.60. The number of nitrogens with zero attached hydrogens (tertiary/aromatic N) is 2. The van der Waals surface area contributed by atoms with Gasteiger partial charge < -0.3 is 22.0 Å². The maximum atomic E-state index is 11.0. The summed E-state index contributed by atoms with van der Waals surface area (Å²) in [6, 6.07) is 4.79. The molecule has 18 heavy (non-hydrogen) atoms. The van der Waals surface area contributed by atoms with Crippen LogP contribution in [0.5, 0.6) is 0 Å². The molecule has 0 fully saturated rings. The van der Waals surface area contributed by atoms with E-state index >= 15 is 0 Å². The van der Waals surface area contributed by atoms with Crippen molar-refractivity contribution in [3.05, 3.63) is 34.3 Å². The zero-order valence-electron chi connectivity index (χ0n) is 9.53. The molecule has 0 radical (unpaired) electrons. The van der Waals surface area contributed by atoms with Crippen LogP contribution in [0.4, 0.5) is 23.0 Å². The highest BCUT2D eigenvalue weighted by Gasteiger charge is 2.20. The van der Waals surface area contributed by atoms with Crippen molar-refractivity contribution in [1.82, 2.24) is 0 Å². The van der Waals surface area contributed by atoms with Crippen molar-refractivity contribution in [2.45, 2.75) is 6.92 Å². The summed E-state index contributed by atoms with van der Waals surface area (Å²) in [5.74, 6) is -0.440. The molecule has 0 heterocycles. The smallest absolute Gasteiger partial charge is 0.465 e. The van der Waals surface area contributed by atoms with E-state index in [0.29, 0.717) is 11.3 Å². The third-order valence-electron chi connectivity index (χ3n) is 1.74. The molecule has 0 aliphatic rings. The van der Waals surface area contributed by atoms with Crippen LogP contribution < -0.4 is 0 Å². The Balaban J connectivity index is 0.000000494. The fourth-order valence-electron chi connectivity index (χ4n) is 0.962. The first-order chi connectivity index (χ1) is 8.19. The number of aryl methyl sites for hydroxylation is 1. The molecule has 0 aliphatic carbocycles. The normalized spacial score (nSPS) is 9.83. The van der Waals surface area contributed by atoms with Gasteiger partial charge in [-0.25, -0.2) is 4.79 Å². The van der Waals surface area contributed by atoms with Crippen LogP contribution in [0.15, 0.2) is 18.2 Å². The Morgan fingerprint density at radius 3 is 2.22 bits per heavy atom. The summed E-state index contributed by atoms with van der Waals surface area (Å²) in [5, 5.41) is 8.57. The molecule has 0 N–H and O–H groups in total. The summed E-state index contributed by atoms with van der Waals surface area (Å²) >= 11 is 0. The maximum absolute atomic E-state index is 11.0. The maximum Gasteiger partial charge on any atom is 0.673 e. The van der Waals surface area contributed by atoms with E-state index in [1.165, 1.54) is 13.2 Å². The molecule has 0 amide bonds. The fraction of sp³-hybridized carbons (Fsp3) is 0.222. The molecule has 0 aromatic heterocycles. The van der Waals surface area contributed by atoms with Crippen LogP contribution in [0.3, 0.4) is 0 Å². The third kappa shape index (κ3) is 6.47. The highest BCUT2D eigenvalue weighted by atomic mass is 19.5. The van der Waals surface area contributed by atoms with Crippen LogP contribution in [0.25, 0.3) is 4.98 Å². The Kier molecular flexibility index (Phi) is 5.82. The fourth-order valence-corrected chi connectivity index (χ4v) is 0.962. The van der Waals surface area contributed by atoms with Gasteiger partial charge in [0.1, 0.15) is 0 Å². The van der Waals surface area contributed by atoms with Gasteiger partial charge in [-0.1, -0.05) is 6.07 Å². The van der Waals surface area contributed by atoms with Gasteiger partial charge >= 0.3 is 18.9 Å². The SMILES string of the molecule is COC(=O)c1ccc(C)c([N+]#N)c1.F[B-](F)(F)F. The molecule has 1 aromatic carbocycles. The minimum absolute atomic E-state index is 0.376. The first kappa shape index (κ1) is 15.9. The van der Waals surface area contributed by atoms with Crippen molar-refractivity contribution >= 4 is 18.9 Å². The summed E-state index contributed by atoms with van der Waals surface area (Å²) < 4.78 is 43.5. The van der Waals surface area contributed by atoms with Gasteiger partial charge in [-0.3, -0.25) is 0 Å². The van der Waals surface area contributed by atoms with Crippen LogP contribution in [0.1, 0.15) is 15.9 Å². The monoisotopic (exact) mass is 264 g/mol. The second-order valence-electron chi connectivity index (χ2n) is 3.09. The highest BCUT2D eigenvalue weighted by Crippen LogP contribution is 2.20. The second kappa shape index (κ2) is 6.59. The summed E-state index contributed by atoms with van der Waals surface area (Å²) in [6.07, 6.45) is 0. The Labute approximate surface area is 100 Å². The van der Waals surface area contributed by atoms with E-state index in [-0.39, 0.29) is 0 Å². The van der Waals surface area contributed by atoms with Gasteiger partial charge in [0.2, 0.25) is 5.39 Å². The summed E-state index contributed by atoms with van der Waals surface area (Å²) in [4.78, 5) is 14.1. The molecule has 1 aromatic rings. The van der Waals surface area contributed by atoms with Crippen molar-refractivity contribution in [1.29, 1.82) is 5.39 Å². The highest BCUT2D eigenvalue weighted by molar-refractivity contribution is 6.50. The number of methoxy groups -OCH3 is 1. The molecular weight excluding hydrogens is 255 g/mol. The number of halogens is 4. The molecule has 0 unspecified atom stereocenters. The molecule has 0 aliphatic heterocycles. The average Bonchev–Trinajstić information content (AvgIpc) is 2.26. The Morgan fingerprint density at radius 1 is 1.33 bits per heavy atom. The van der Waals surface area contributed by atoms with Gasteiger partial charge in [-0.2, -0.15) is 0 Å². The Hall–Kier alpha value is -2.11. The number of hydrogen-bond donors (Lipinski definition) is 0. The number of carbonyl (C=O) groups is 1. The standard InChI is InChI=1S/C9H9N2O2.BF4/c1-6-3-4-7(9(12)13-2)5-8(6)11-10;2-1(3,4)5/h3-5H,1-2H3;/q+1;-1. The lowest BCUT2D eigenvalue weighted by molar-refractivity contribution is 0.0601. The molecule has 98 valence electrons. The minimum atomic E-state index is -6.00. The number of hydrogen-bond acceptors (Lipinski definition) is 3. The van der Waals surface area contributed by atoms with Gasteiger partial charge in [0.15, 0.2) is 4.98 Å². The first-order valence-electron chi connectivity index (χ1n) is 4.60. The van der Waals surface area contributed by atoms with Crippen LogP contribution in [0.2, 0.25) is 0 Å². The van der Waals surface area contributed by atoms with Crippen molar-refractivity contribution in [2.24, 2.45) is 0 Å². The molecule has 9 heteroatoms. The molecule has 0 bridgehead atoms. The molecule has 0 atom stereocenters. The lowest BCUT2D eigenvalue weighted by atomic mass is 10.1. The molecule has 4 nitrogen and oxygen atoms in total. The number of esters is 1. The zero-order chi connectivity index (χ0) is 14.3. The lowest BCUT2D eigenvalue weighted by Crippen LogP contribution is -2.02. The Morgan fingerprint density at radius 2 is 1.83 bits per heavy atom. The van der Waals surface area contributed by atoms with Crippen molar-refractivity contribution in [3.8, 4) is 0 Å². The topological polar surface area (TPSA) is 54.5 Å². The van der Waals surface area contributed by atoms with E-state index < -0.39 is 13.2 Å². The van der Waals surface area contributed by atoms with Gasteiger partial charge in [0, 0.05) is 11.6 Å². The number of benzene rings is 1. The van der Waals surface area contributed by atoms with Crippen molar-refractivity contribution < 1.29 is 26.8 Å². The molecule has 1 rings (SSSR count). The largest absolute Gasteiger partial charge is 0.673 e. The second-order valence-corrected chi connectivity index (χ2v) is 3.09. The lowest BCUT2D eigenvalue weighted by Gasteiger charge is -1.96. The van der Waals surface area contributed by atoms with E-state index in [4.69, 9.17) is 5.39 Å². The number of diazo groups is 1. The van der Waals surface area contributed by atoms with Crippen LogP contribution in [0, 0.1) is 12.3 Å². The van der Waals surface area contributed by atoms with Gasteiger partial charge in [-0.15, -0.1) is 0 Å². The van der Waals surface area contributed by atoms with E-state index in [1.54, 1.807) is 19.1 Å². The third-order valence-corrected chi connectivity index (χ3v) is 1.74. The molecule has 0 saturated heterocycles. The van der Waals surface area contributed by atoms with Crippen LogP contribution in [-0.2, 0) is 4.74 Å². The van der Waals surface area contributed by atoms with Gasteiger partial charge in [0.05, 0.1) is 12.7 Å². The molecule has 0 saturated carbocycles. The summed E-state index contributed by atoms with van der Waals surface area (Å²) in [7, 11) is -4.70. The predicted molar refractivity (Wildman–Crippen MR) is 57.4 cm³/mol. The Bertz CT molecular complexity index is 465. The van der Waals surface area contributed by atoms with Crippen molar-refractivity contribution in [3.63, 3.8) is 0 Å². The van der Waals surface area contributed by atoms with Gasteiger partial charge in [0.25, 0.3) is 0 Å². The average molecular weight is 264 g/mol. The van der Waals surface area contributed by atoms with E-state index in [1.807, 2.05) is 0 Å². The van der Waals surface area contributed by atoms with E-state index in [9.17, 15) is 22.1 Å². The molecule has 0 spiro atoms. The summed E-state index contributed by atoms with van der Waals surface area (Å²) in [6.45, 7) is 1.79. The van der Waals surface area contributed by atoms with E-state index in [0.717, 1.165) is 5.56 Å². The van der Waals surface area contributed by atoms with Crippen LogP contribution >= 0.6 is 0 Å². The number of carbonyl (C=O) groups excluding carboxylic acids is 1. The van der Waals surface area contributed by atoms with E-state index in [2.05, 4.69) is 9.71 Å².